The molecule has 2 heterocycles. The number of rotatable bonds is 3. The summed E-state index contributed by atoms with van der Waals surface area (Å²) in [5.74, 6) is -1.80. The predicted molar refractivity (Wildman–Crippen MR) is 123 cm³/mol. The number of hydrogen-bond donors (Lipinski definition) is 1. The summed E-state index contributed by atoms with van der Waals surface area (Å²) < 4.78 is 20.6. The topological polar surface area (TPSA) is 66.8 Å². The first-order valence-corrected chi connectivity index (χ1v) is 10.8. The van der Waals surface area contributed by atoms with Crippen molar-refractivity contribution < 1.29 is 23.8 Å². The Balaban J connectivity index is 1.73. The Labute approximate surface area is 190 Å². The maximum absolute atomic E-state index is 15.0. The van der Waals surface area contributed by atoms with E-state index >= 15 is 0 Å². The zero-order valence-corrected chi connectivity index (χ0v) is 18.0. The van der Waals surface area contributed by atoms with Gasteiger partial charge in [-0.05, 0) is 61.2 Å². The molecule has 2 aliphatic rings. The van der Waals surface area contributed by atoms with Crippen LogP contribution < -0.4 is 9.64 Å². The summed E-state index contributed by atoms with van der Waals surface area (Å²) in [5.41, 5.74) is 2.56. The number of anilines is 1. The number of Topliss-reactive ketones (excluding diaryl/α,β-unsaturated/α-hetero) is 1. The molecule has 0 spiro atoms. The van der Waals surface area contributed by atoms with Gasteiger partial charge in [-0.1, -0.05) is 36.4 Å². The van der Waals surface area contributed by atoms with Crippen molar-refractivity contribution in [2.24, 2.45) is 0 Å². The number of aliphatic hydroxyl groups excluding tert-OH is 1. The van der Waals surface area contributed by atoms with Crippen LogP contribution in [0.3, 0.4) is 0 Å². The standard InChI is InChI=1S/C27H22FNO4/c1-16-7-2-5-11-21(16)29-24(19-9-3-4-10-20(19)28)23(26(31)27(29)32)25(30)18-12-13-22-17(15-18)8-6-14-33-22/h2-5,7,9-13,15,24,30H,6,8,14H2,1H3/b25-23+. The second-order valence-electron chi connectivity index (χ2n) is 8.25. The molecule has 166 valence electrons. The van der Waals surface area contributed by atoms with Crippen LogP contribution in [0.25, 0.3) is 5.76 Å². The van der Waals surface area contributed by atoms with Gasteiger partial charge in [0, 0.05) is 16.8 Å². The minimum Gasteiger partial charge on any atom is -0.507 e. The van der Waals surface area contributed by atoms with Crippen LogP contribution in [0.1, 0.15) is 34.7 Å². The Morgan fingerprint density at radius 1 is 1.06 bits per heavy atom. The van der Waals surface area contributed by atoms with Gasteiger partial charge < -0.3 is 9.84 Å². The van der Waals surface area contributed by atoms with Gasteiger partial charge in [-0.15, -0.1) is 0 Å². The largest absolute Gasteiger partial charge is 0.507 e. The molecule has 5 nitrogen and oxygen atoms in total. The molecule has 1 saturated heterocycles. The summed E-state index contributed by atoms with van der Waals surface area (Å²) >= 11 is 0. The third-order valence-electron chi connectivity index (χ3n) is 6.20. The fraction of sp³-hybridized carbons (Fsp3) is 0.185. The number of benzene rings is 3. The van der Waals surface area contributed by atoms with Gasteiger partial charge in [-0.2, -0.15) is 0 Å². The van der Waals surface area contributed by atoms with E-state index in [4.69, 9.17) is 4.74 Å². The Morgan fingerprint density at radius 2 is 1.82 bits per heavy atom. The second kappa shape index (κ2) is 8.20. The molecule has 1 N–H and O–H groups in total. The molecule has 1 fully saturated rings. The van der Waals surface area contributed by atoms with Crippen molar-refractivity contribution in [3.8, 4) is 5.75 Å². The smallest absolute Gasteiger partial charge is 0.300 e. The fourth-order valence-corrected chi connectivity index (χ4v) is 4.57. The third-order valence-corrected chi connectivity index (χ3v) is 6.20. The third kappa shape index (κ3) is 3.48. The van der Waals surface area contributed by atoms with E-state index in [-0.39, 0.29) is 16.9 Å². The van der Waals surface area contributed by atoms with Crippen LogP contribution in [0.2, 0.25) is 0 Å². The number of amides is 1. The first kappa shape index (κ1) is 20.9. The van der Waals surface area contributed by atoms with E-state index in [9.17, 15) is 19.1 Å². The van der Waals surface area contributed by atoms with Gasteiger partial charge in [-0.25, -0.2) is 4.39 Å². The summed E-state index contributed by atoms with van der Waals surface area (Å²) in [7, 11) is 0. The molecule has 1 amide bonds. The second-order valence-corrected chi connectivity index (χ2v) is 8.25. The summed E-state index contributed by atoms with van der Waals surface area (Å²) in [5, 5.41) is 11.3. The van der Waals surface area contributed by atoms with Crippen molar-refractivity contribution in [3.63, 3.8) is 0 Å². The molecule has 0 radical (unpaired) electrons. The lowest BCUT2D eigenvalue weighted by Gasteiger charge is -2.27. The van der Waals surface area contributed by atoms with E-state index < -0.39 is 23.5 Å². The van der Waals surface area contributed by atoms with E-state index in [0.29, 0.717) is 17.9 Å². The van der Waals surface area contributed by atoms with Crippen molar-refractivity contribution in [2.75, 3.05) is 11.5 Å². The molecule has 0 aliphatic carbocycles. The number of ether oxygens (including phenoxy) is 1. The van der Waals surface area contributed by atoms with Gasteiger partial charge in [0.15, 0.2) is 0 Å². The summed E-state index contributed by atoms with van der Waals surface area (Å²) in [4.78, 5) is 27.7. The first-order chi connectivity index (χ1) is 16.0. The maximum atomic E-state index is 15.0. The SMILES string of the molecule is Cc1ccccc1N1C(=O)C(=O)/C(=C(/O)c2ccc3c(c2)CCCO3)C1c1ccccc1F. The zero-order valence-electron chi connectivity index (χ0n) is 18.0. The van der Waals surface area contributed by atoms with Crippen LogP contribution in [-0.2, 0) is 16.0 Å². The number of fused-ring (bicyclic) bond motifs is 1. The van der Waals surface area contributed by atoms with Gasteiger partial charge in [0.2, 0.25) is 0 Å². The lowest BCUT2D eigenvalue weighted by molar-refractivity contribution is -0.132. The molecule has 33 heavy (non-hydrogen) atoms. The number of carbonyl (C=O) groups is 2. The van der Waals surface area contributed by atoms with Crippen LogP contribution in [0.5, 0.6) is 5.75 Å². The normalized spacial score (nSPS) is 19.3. The van der Waals surface area contributed by atoms with E-state index in [1.54, 1.807) is 42.5 Å². The van der Waals surface area contributed by atoms with Gasteiger partial charge in [0.05, 0.1) is 18.2 Å². The number of para-hydroxylation sites is 1. The lowest BCUT2D eigenvalue weighted by atomic mass is 9.93. The molecule has 3 aromatic rings. The number of aryl methyl sites for hydroxylation is 2. The molecule has 6 heteroatoms. The van der Waals surface area contributed by atoms with E-state index in [0.717, 1.165) is 29.7 Å². The number of hydrogen-bond acceptors (Lipinski definition) is 4. The number of carbonyl (C=O) groups excluding carboxylic acids is 2. The fourth-order valence-electron chi connectivity index (χ4n) is 4.57. The minimum atomic E-state index is -1.10. The van der Waals surface area contributed by atoms with Gasteiger partial charge in [-0.3, -0.25) is 14.5 Å². The van der Waals surface area contributed by atoms with Crippen molar-refractivity contribution in [3.05, 3.63) is 100 Å². The number of halogens is 1. The quantitative estimate of drug-likeness (QED) is 0.348. The Kier molecular flexibility index (Phi) is 5.21. The van der Waals surface area contributed by atoms with Crippen molar-refractivity contribution in [2.45, 2.75) is 25.8 Å². The molecular weight excluding hydrogens is 421 g/mol. The van der Waals surface area contributed by atoms with Crippen LogP contribution >= 0.6 is 0 Å². The van der Waals surface area contributed by atoms with Crippen molar-refractivity contribution >= 4 is 23.1 Å². The average Bonchev–Trinajstić information content (AvgIpc) is 3.09. The highest BCUT2D eigenvalue weighted by molar-refractivity contribution is 6.51. The van der Waals surface area contributed by atoms with E-state index in [2.05, 4.69) is 0 Å². The summed E-state index contributed by atoms with van der Waals surface area (Å²) in [6, 6.07) is 17.2. The van der Waals surface area contributed by atoms with Crippen LogP contribution in [0.15, 0.2) is 72.3 Å². The predicted octanol–water partition coefficient (Wildman–Crippen LogP) is 5.09. The van der Waals surface area contributed by atoms with E-state index in [1.807, 2.05) is 19.1 Å². The van der Waals surface area contributed by atoms with Crippen LogP contribution in [0, 0.1) is 12.7 Å². The lowest BCUT2D eigenvalue weighted by Crippen LogP contribution is -2.30. The average molecular weight is 443 g/mol. The summed E-state index contributed by atoms with van der Waals surface area (Å²) in [6.45, 7) is 2.45. The highest BCUT2D eigenvalue weighted by Crippen LogP contribution is 2.44. The molecule has 1 atom stereocenters. The molecule has 0 bridgehead atoms. The molecule has 0 aromatic heterocycles. The highest BCUT2D eigenvalue weighted by Gasteiger charge is 2.48. The molecule has 1 unspecified atom stereocenters. The number of aliphatic hydroxyl groups is 1. The summed E-state index contributed by atoms with van der Waals surface area (Å²) in [6.07, 6.45) is 1.63. The highest BCUT2D eigenvalue weighted by atomic mass is 19.1. The van der Waals surface area contributed by atoms with Crippen molar-refractivity contribution in [1.29, 1.82) is 0 Å². The number of nitrogens with zero attached hydrogens (tertiary/aromatic N) is 1. The van der Waals surface area contributed by atoms with Crippen LogP contribution in [-0.4, -0.2) is 23.4 Å². The Hall–Kier alpha value is -3.93. The molecule has 2 aliphatic heterocycles. The monoisotopic (exact) mass is 443 g/mol. The van der Waals surface area contributed by atoms with Gasteiger partial charge in [0.1, 0.15) is 17.3 Å². The molecule has 0 saturated carbocycles. The minimum absolute atomic E-state index is 0.134. The molecular formula is C27H22FNO4. The Morgan fingerprint density at radius 3 is 2.61 bits per heavy atom. The molecule has 3 aromatic carbocycles. The maximum Gasteiger partial charge on any atom is 0.300 e. The van der Waals surface area contributed by atoms with Crippen molar-refractivity contribution in [1.82, 2.24) is 0 Å². The van der Waals surface area contributed by atoms with Crippen LogP contribution in [0.4, 0.5) is 10.1 Å². The Bertz CT molecular complexity index is 1310. The number of ketones is 1. The van der Waals surface area contributed by atoms with Gasteiger partial charge in [0.25, 0.3) is 11.7 Å². The first-order valence-electron chi connectivity index (χ1n) is 10.8. The zero-order chi connectivity index (χ0) is 23.1. The van der Waals surface area contributed by atoms with Gasteiger partial charge >= 0.3 is 0 Å². The van der Waals surface area contributed by atoms with E-state index in [1.165, 1.54) is 17.0 Å². The molecule has 5 rings (SSSR count).